The third kappa shape index (κ3) is 4.83. The van der Waals surface area contributed by atoms with Gasteiger partial charge in [0, 0.05) is 48.5 Å². The molecule has 1 saturated heterocycles. The summed E-state index contributed by atoms with van der Waals surface area (Å²) in [5, 5.41) is 11.0. The SMILES string of the molecule is COc1ccc([C@H]2CCCN2c2ncc(C(=O)O)c(CCCc3cn(C)c4ccccc34)n2)c(OC)c1. The fourth-order valence-corrected chi connectivity index (χ4v) is 5.41. The Morgan fingerprint density at radius 1 is 1.14 bits per heavy atom. The number of ether oxygens (including phenoxy) is 2. The van der Waals surface area contributed by atoms with Crippen molar-refractivity contribution in [1.29, 1.82) is 0 Å². The van der Waals surface area contributed by atoms with Crippen LogP contribution in [0.5, 0.6) is 11.5 Å². The van der Waals surface area contributed by atoms with E-state index >= 15 is 0 Å². The van der Waals surface area contributed by atoms with Gasteiger partial charge in [-0.25, -0.2) is 14.8 Å². The zero-order chi connectivity index (χ0) is 25.9. The van der Waals surface area contributed by atoms with Crippen LogP contribution in [0.15, 0.2) is 54.9 Å². The number of benzene rings is 2. The number of anilines is 1. The molecule has 1 aliphatic heterocycles. The van der Waals surface area contributed by atoms with Crippen molar-refractivity contribution in [2.75, 3.05) is 25.7 Å². The fourth-order valence-electron chi connectivity index (χ4n) is 5.41. The van der Waals surface area contributed by atoms with Gasteiger partial charge in [-0.05, 0) is 55.9 Å². The van der Waals surface area contributed by atoms with Gasteiger partial charge in [-0.1, -0.05) is 18.2 Å². The van der Waals surface area contributed by atoms with Crippen LogP contribution in [0.3, 0.4) is 0 Å². The molecule has 2 aromatic heterocycles. The summed E-state index contributed by atoms with van der Waals surface area (Å²) in [7, 11) is 5.34. The molecule has 1 aliphatic rings. The quantitative estimate of drug-likeness (QED) is 0.338. The van der Waals surface area contributed by atoms with Crippen LogP contribution < -0.4 is 14.4 Å². The Labute approximate surface area is 216 Å². The van der Waals surface area contributed by atoms with Gasteiger partial charge >= 0.3 is 5.97 Å². The number of aromatic carboxylic acids is 1. The molecule has 1 N–H and O–H groups in total. The van der Waals surface area contributed by atoms with E-state index in [4.69, 9.17) is 14.5 Å². The maximum absolute atomic E-state index is 12.0. The summed E-state index contributed by atoms with van der Waals surface area (Å²) in [4.78, 5) is 23.4. The second-order valence-corrected chi connectivity index (χ2v) is 9.43. The number of rotatable bonds is 9. The number of carboxylic acid groups (broad SMARTS) is 1. The summed E-state index contributed by atoms with van der Waals surface area (Å²) >= 11 is 0. The Morgan fingerprint density at radius 2 is 1.97 bits per heavy atom. The van der Waals surface area contributed by atoms with Gasteiger partial charge in [0.1, 0.15) is 11.5 Å². The molecule has 3 heterocycles. The first kappa shape index (κ1) is 24.6. The van der Waals surface area contributed by atoms with Crippen LogP contribution in [0, 0.1) is 0 Å². The van der Waals surface area contributed by atoms with Gasteiger partial charge < -0.3 is 24.0 Å². The molecule has 1 atom stereocenters. The molecule has 192 valence electrons. The Bertz CT molecular complexity index is 1430. The van der Waals surface area contributed by atoms with Crippen LogP contribution in [-0.4, -0.2) is 46.4 Å². The highest BCUT2D eigenvalue weighted by molar-refractivity contribution is 5.88. The molecule has 0 aliphatic carbocycles. The molecule has 5 rings (SSSR count). The van der Waals surface area contributed by atoms with E-state index in [1.54, 1.807) is 14.2 Å². The lowest BCUT2D eigenvalue weighted by atomic mass is 10.0. The van der Waals surface area contributed by atoms with E-state index < -0.39 is 5.97 Å². The van der Waals surface area contributed by atoms with Gasteiger partial charge in [-0.2, -0.15) is 0 Å². The Hall–Kier alpha value is -4.07. The fraction of sp³-hybridized carbons (Fsp3) is 0.345. The first-order valence-corrected chi connectivity index (χ1v) is 12.6. The molecule has 8 nitrogen and oxygen atoms in total. The van der Waals surface area contributed by atoms with E-state index in [0.717, 1.165) is 49.3 Å². The van der Waals surface area contributed by atoms with Crippen LogP contribution >= 0.6 is 0 Å². The average molecular weight is 501 g/mol. The summed E-state index contributed by atoms with van der Waals surface area (Å²) in [6, 6.07) is 14.2. The van der Waals surface area contributed by atoms with Crippen LogP contribution in [-0.2, 0) is 19.9 Å². The van der Waals surface area contributed by atoms with Gasteiger partial charge in [-0.3, -0.25) is 0 Å². The molecule has 0 bridgehead atoms. The highest BCUT2D eigenvalue weighted by Gasteiger charge is 2.31. The normalized spacial score (nSPS) is 15.3. The third-order valence-electron chi connectivity index (χ3n) is 7.23. The summed E-state index contributed by atoms with van der Waals surface area (Å²) in [6.45, 7) is 0.793. The molecule has 0 spiro atoms. The van der Waals surface area contributed by atoms with Crippen LogP contribution in [0.4, 0.5) is 5.95 Å². The van der Waals surface area contributed by atoms with E-state index in [0.29, 0.717) is 18.1 Å². The smallest absolute Gasteiger partial charge is 0.339 e. The molecule has 0 saturated carbocycles. The van der Waals surface area contributed by atoms with E-state index in [1.165, 1.54) is 22.7 Å². The molecule has 0 radical (unpaired) electrons. The third-order valence-corrected chi connectivity index (χ3v) is 7.23. The maximum atomic E-state index is 12.0. The molecule has 1 fully saturated rings. The number of nitrogens with zero attached hydrogens (tertiary/aromatic N) is 4. The zero-order valence-electron chi connectivity index (χ0n) is 21.5. The summed E-state index contributed by atoms with van der Waals surface area (Å²) in [5.74, 6) is 1.06. The number of hydrogen-bond donors (Lipinski definition) is 1. The molecule has 2 aromatic carbocycles. The molecule has 0 amide bonds. The zero-order valence-corrected chi connectivity index (χ0v) is 21.5. The minimum Gasteiger partial charge on any atom is -0.497 e. The molecular weight excluding hydrogens is 468 g/mol. The second-order valence-electron chi connectivity index (χ2n) is 9.43. The largest absolute Gasteiger partial charge is 0.497 e. The van der Waals surface area contributed by atoms with Gasteiger partial charge in [-0.15, -0.1) is 0 Å². The van der Waals surface area contributed by atoms with Crippen molar-refractivity contribution in [1.82, 2.24) is 14.5 Å². The average Bonchev–Trinajstić information content (AvgIpc) is 3.53. The summed E-state index contributed by atoms with van der Waals surface area (Å²) < 4.78 is 13.2. The Kier molecular flexibility index (Phi) is 6.99. The van der Waals surface area contributed by atoms with Crippen LogP contribution in [0.2, 0.25) is 0 Å². The van der Waals surface area contributed by atoms with Gasteiger partial charge in [0.25, 0.3) is 0 Å². The van der Waals surface area contributed by atoms with Crippen LogP contribution in [0.1, 0.15) is 52.5 Å². The van der Waals surface area contributed by atoms with Gasteiger partial charge in [0.05, 0.1) is 31.5 Å². The number of carbonyl (C=O) groups is 1. The number of aryl methyl sites for hydroxylation is 3. The molecular formula is C29H32N4O4. The topological polar surface area (TPSA) is 89.7 Å². The minimum atomic E-state index is -0.999. The molecule has 8 heteroatoms. The van der Waals surface area contributed by atoms with Crippen LogP contribution in [0.25, 0.3) is 10.9 Å². The molecule has 4 aromatic rings. The van der Waals surface area contributed by atoms with Gasteiger partial charge in [0.2, 0.25) is 5.95 Å². The summed E-state index contributed by atoms with van der Waals surface area (Å²) in [5.41, 5.74) is 4.24. The lowest BCUT2D eigenvalue weighted by Gasteiger charge is -2.27. The molecule has 37 heavy (non-hydrogen) atoms. The first-order valence-electron chi connectivity index (χ1n) is 12.6. The summed E-state index contributed by atoms with van der Waals surface area (Å²) in [6.07, 6.45) is 7.73. The lowest BCUT2D eigenvalue weighted by molar-refractivity contribution is 0.0694. The number of methoxy groups -OCH3 is 2. The van der Waals surface area contributed by atoms with E-state index in [1.807, 2.05) is 24.3 Å². The number of hydrogen-bond acceptors (Lipinski definition) is 6. The van der Waals surface area contributed by atoms with Crippen molar-refractivity contribution in [3.8, 4) is 11.5 Å². The number of carboxylic acids is 1. The number of fused-ring (bicyclic) bond motifs is 1. The lowest BCUT2D eigenvalue weighted by Crippen LogP contribution is -2.26. The predicted molar refractivity (Wildman–Crippen MR) is 143 cm³/mol. The van der Waals surface area contributed by atoms with E-state index in [-0.39, 0.29) is 11.6 Å². The van der Waals surface area contributed by atoms with Crippen molar-refractivity contribution >= 4 is 22.8 Å². The van der Waals surface area contributed by atoms with Gasteiger partial charge in [0.15, 0.2) is 0 Å². The highest BCUT2D eigenvalue weighted by Crippen LogP contribution is 2.40. The number of para-hydroxylation sites is 1. The van der Waals surface area contributed by atoms with E-state index in [2.05, 4.69) is 45.9 Å². The van der Waals surface area contributed by atoms with Crippen molar-refractivity contribution in [3.63, 3.8) is 0 Å². The highest BCUT2D eigenvalue weighted by atomic mass is 16.5. The van der Waals surface area contributed by atoms with Crippen molar-refractivity contribution < 1.29 is 19.4 Å². The predicted octanol–water partition coefficient (Wildman–Crippen LogP) is 5.20. The Morgan fingerprint density at radius 3 is 2.76 bits per heavy atom. The Balaban J connectivity index is 1.39. The monoisotopic (exact) mass is 500 g/mol. The standard InChI is InChI=1S/C29H32N4O4/c1-32-18-19(21-9-4-5-11-25(21)32)8-6-10-24-23(28(34)35)17-30-29(31-24)33-15-7-12-26(33)22-14-13-20(36-2)16-27(22)37-3/h4-5,9,11,13-14,16-18,26H,6-8,10,12,15H2,1-3H3,(H,34,35)/t26-/m1/s1. The number of aromatic nitrogens is 3. The maximum Gasteiger partial charge on any atom is 0.339 e. The van der Waals surface area contributed by atoms with Crippen molar-refractivity contribution in [2.24, 2.45) is 7.05 Å². The van der Waals surface area contributed by atoms with Crippen molar-refractivity contribution in [2.45, 2.75) is 38.1 Å². The minimum absolute atomic E-state index is 0.0417. The van der Waals surface area contributed by atoms with Crippen molar-refractivity contribution in [3.05, 3.63) is 77.2 Å². The second kappa shape index (κ2) is 10.5. The molecule has 0 unspecified atom stereocenters. The first-order chi connectivity index (χ1) is 18.0. The van der Waals surface area contributed by atoms with E-state index in [9.17, 15) is 9.90 Å².